The van der Waals surface area contributed by atoms with Crippen molar-refractivity contribution in [3.63, 3.8) is 0 Å². The normalized spacial score (nSPS) is 19.2. The van der Waals surface area contributed by atoms with Gasteiger partial charge in [-0.2, -0.15) is 18.3 Å². The first kappa shape index (κ1) is 16.7. The van der Waals surface area contributed by atoms with Gasteiger partial charge in [0.15, 0.2) is 0 Å². The molecule has 2 aliphatic rings. The largest absolute Gasteiger partial charge is 0.416 e. The van der Waals surface area contributed by atoms with Crippen LogP contribution < -0.4 is 5.43 Å². The second-order valence-corrected chi connectivity index (χ2v) is 6.01. The molecule has 24 heavy (non-hydrogen) atoms. The third-order valence-electron chi connectivity index (χ3n) is 4.48. The number of carbonyl (C=O) groups is 1. The van der Waals surface area contributed by atoms with Crippen LogP contribution in [0, 0.1) is 5.82 Å². The SMILES string of the molecule is O=C(C1=NNCC1)N1CCC(c2ccc(F)cc2C(F)(F)F)CC1. The molecule has 1 aromatic rings. The van der Waals surface area contributed by atoms with Gasteiger partial charge in [-0.25, -0.2) is 4.39 Å². The number of carbonyl (C=O) groups excluding carboxylic acids is 1. The van der Waals surface area contributed by atoms with E-state index in [0.29, 0.717) is 50.7 Å². The number of alkyl halides is 3. The number of benzene rings is 1. The highest BCUT2D eigenvalue weighted by atomic mass is 19.4. The number of nitrogens with zero attached hydrogens (tertiary/aromatic N) is 2. The minimum atomic E-state index is -4.59. The predicted molar refractivity (Wildman–Crippen MR) is 80.0 cm³/mol. The molecule has 2 heterocycles. The molecular formula is C16H17F4N3O. The summed E-state index contributed by atoms with van der Waals surface area (Å²) in [4.78, 5) is 13.9. The number of hydrogen-bond acceptors (Lipinski definition) is 3. The van der Waals surface area contributed by atoms with Crippen LogP contribution in [0.25, 0.3) is 0 Å². The van der Waals surface area contributed by atoms with Crippen LogP contribution in [0.4, 0.5) is 17.6 Å². The van der Waals surface area contributed by atoms with E-state index in [2.05, 4.69) is 10.5 Å². The van der Waals surface area contributed by atoms with Crippen molar-refractivity contribution in [2.24, 2.45) is 5.10 Å². The van der Waals surface area contributed by atoms with Crippen LogP contribution in [0.3, 0.4) is 0 Å². The highest BCUT2D eigenvalue weighted by molar-refractivity contribution is 6.39. The van der Waals surface area contributed by atoms with E-state index in [1.807, 2.05) is 0 Å². The van der Waals surface area contributed by atoms with E-state index in [1.165, 1.54) is 6.07 Å². The predicted octanol–water partition coefficient (Wildman–Crippen LogP) is 2.90. The number of likely N-dealkylation sites (tertiary alicyclic amines) is 1. The lowest BCUT2D eigenvalue weighted by atomic mass is 9.86. The van der Waals surface area contributed by atoms with Crippen LogP contribution in [0.2, 0.25) is 0 Å². The lowest BCUT2D eigenvalue weighted by molar-refractivity contribution is -0.139. The molecule has 0 spiro atoms. The van der Waals surface area contributed by atoms with Gasteiger partial charge in [0.2, 0.25) is 0 Å². The Bertz CT molecular complexity index is 664. The maximum absolute atomic E-state index is 13.2. The Morgan fingerprint density at radius 1 is 1.25 bits per heavy atom. The molecule has 0 radical (unpaired) electrons. The molecule has 1 amide bonds. The van der Waals surface area contributed by atoms with E-state index < -0.39 is 17.6 Å². The fourth-order valence-electron chi connectivity index (χ4n) is 3.24. The number of amides is 1. The molecular weight excluding hydrogens is 326 g/mol. The number of halogens is 4. The smallest absolute Gasteiger partial charge is 0.338 e. The van der Waals surface area contributed by atoms with Gasteiger partial charge in [-0.3, -0.25) is 4.79 Å². The molecule has 0 aromatic heterocycles. The van der Waals surface area contributed by atoms with Gasteiger partial charge in [-0.05, 0) is 36.5 Å². The minimum Gasteiger partial charge on any atom is -0.338 e. The van der Waals surface area contributed by atoms with Gasteiger partial charge >= 0.3 is 6.18 Å². The van der Waals surface area contributed by atoms with Crippen molar-refractivity contribution in [1.29, 1.82) is 0 Å². The number of hydrazone groups is 1. The first-order valence-electron chi connectivity index (χ1n) is 7.81. The minimum absolute atomic E-state index is 0.107. The van der Waals surface area contributed by atoms with Crippen molar-refractivity contribution in [3.8, 4) is 0 Å². The summed E-state index contributed by atoms with van der Waals surface area (Å²) in [5.41, 5.74) is 2.39. The van der Waals surface area contributed by atoms with Crippen molar-refractivity contribution in [1.82, 2.24) is 10.3 Å². The monoisotopic (exact) mass is 343 g/mol. The van der Waals surface area contributed by atoms with Gasteiger partial charge in [-0.15, -0.1) is 0 Å². The van der Waals surface area contributed by atoms with Crippen molar-refractivity contribution in [3.05, 3.63) is 35.1 Å². The standard InChI is InChI=1S/C16H17F4N3O/c17-11-1-2-12(13(9-11)16(18,19)20)10-4-7-23(8-5-10)15(24)14-3-6-21-22-14/h1-2,9-10,21H,3-8H2. The molecule has 130 valence electrons. The molecule has 0 aliphatic carbocycles. The molecule has 1 N–H and O–H groups in total. The lowest BCUT2D eigenvalue weighted by Gasteiger charge is -2.33. The summed E-state index contributed by atoms with van der Waals surface area (Å²) in [6, 6.07) is 2.82. The molecule has 0 unspecified atom stereocenters. The Morgan fingerprint density at radius 2 is 1.96 bits per heavy atom. The van der Waals surface area contributed by atoms with Gasteiger partial charge in [0.1, 0.15) is 11.5 Å². The third-order valence-corrected chi connectivity index (χ3v) is 4.48. The van der Waals surface area contributed by atoms with E-state index in [1.54, 1.807) is 4.90 Å². The molecule has 1 fully saturated rings. The number of hydrogen-bond donors (Lipinski definition) is 1. The van der Waals surface area contributed by atoms with Crippen molar-refractivity contribution < 1.29 is 22.4 Å². The van der Waals surface area contributed by atoms with Gasteiger partial charge in [0, 0.05) is 26.1 Å². The quantitative estimate of drug-likeness (QED) is 0.840. The first-order chi connectivity index (χ1) is 11.4. The molecule has 8 heteroatoms. The Hall–Kier alpha value is -2.12. The Labute approximate surface area is 136 Å². The molecule has 3 rings (SSSR count). The van der Waals surface area contributed by atoms with Gasteiger partial charge in [-0.1, -0.05) is 6.07 Å². The Morgan fingerprint density at radius 3 is 2.54 bits per heavy atom. The zero-order valence-electron chi connectivity index (χ0n) is 12.9. The third kappa shape index (κ3) is 3.37. The van der Waals surface area contributed by atoms with E-state index in [4.69, 9.17) is 0 Å². The van der Waals surface area contributed by atoms with Crippen LogP contribution >= 0.6 is 0 Å². The average molecular weight is 343 g/mol. The summed E-state index contributed by atoms with van der Waals surface area (Å²) in [7, 11) is 0. The Kier molecular flexibility index (Phi) is 4.47. The summed E-state index contributed by atoms with van der Waals surface area (Å²) in [6.45, 7) is 1.37. The summed E-state index contributed by atoms with van der Waals surface area (Å²) in [5.74, 6) is -1.39. The fraction of sp³-hybridized carbons (Fsp3) is 0.500. The number of rotatable bonds is 2. The zero-order valence-corrected chi connectivity index (χ0v) is 12.9. The topological polar surface area (TPSA) is 44.7 Å². The van der Waals surface area contributed by atoms with Crippen LogP contribution in [0.15, 0.2) is 23.3 Å². The van der Waals surface area contributed by atoms with Crippen LogP contribution in [-0.4, -0.2) is 36.2 Å². The van der Waals surface area contributed by atoms with Crippen LogP contribution in [0.1, 0.15) is 36.3 Å². The summed E-state index contributed by atoms with van der Waals surface area (Å²) in [6.07, 6.45) is -3.19. The summed E-state index contributed by atoms with van der Waals surface area (Å²) in [5, 5.41) is 3.93. The Balaban J connectivity index is 1.72. The second kappa shape index (κ2) is 6.41. The first-order valence-corrected chi connectivity index (χ1v) is 7.81. The van der Waals surface area contributed by atoms with E-state index in [-0.39, 0.29) is 17.4 Å². The van der Waals surface area contributed by atoms with Gasteiger partial charge in [0.25, 0.3) is 5.91 Å². The summed E-state index contributed by atoms with van der Waals surface area (Å²) < 4.78 is 52.6. The number of piperidine rings is 1. The second-order valence-electron chi connectivity index (χ2n) is 6.01. The fourth-order valence-corrected chi connectivity index (χ4v) is 3.24. The van der Waals surface area contributed by atoms with Crippen LogP contribution in [-0.2, 0) is 11.0 Å². The van der Waals surface area contributed by atoms with E-state index in [9.17, 15) is 22.4 Å². The van der Waals surface area contributed by atoms with Crippen molar-refractivity contribution in [2.75, 3.05) is 19.6 Å². The molecule has 2 aliphatic heterocycles. The van der Waals surface area contributed by atoms with Crippen molar-refractivity contribution in [2.45, 2.75) is 31.4 Å². The molecule has 4 nitrogen and oxygen atoms in total. The van der Waals surface area contributed by atoms with Crippen molar-refractivity contribution >= 4 is 11.6 Å². The number of nitrogens with one attached hydrogen (secondary N) is 1. The summed E-state index contributed by atoms with van der Waals surface area (Å²) >= 11 is 0. The maximum Gasteiger partial charge on any atom is 0.416 e. The van der Waals surface area contributed by atoms with E-state index >= 15 is 0 Å². The molecule has 0 atom stereocenters. The highest BCUT2D eigenvalue weighted by Gasteiger charge is 2.37. The molecule has 0 bridgehead atoms. The van der Waals surface area contributed by atoms with Gasteiger partial charge in [0.05, 0.1) is 5.56 Å². The lowest BCUT2D eigenvalue weighted by Crippen LogP contribution is -2.41. The average Bonchev–Trinajstić information content (AvgIpc) is 3.08. The zero-order chi connectivity index (χ0) is 17.3. The molecule has 1 aromatic carbocycles. The van der Waals surface area contributed by atoms with E-state index in [0.717, 1.165) is 6.07 Å². The molecule has 0 saturated carbocycles. The molecule has 1 saturated heterocycles. The maximum atomic E-state index is 13.2. The highest BCUT2D eigenvalue weighted by Crippen LogP contribution is 2.39. The van der Waals surface area contributed by atoms with Gasteiger partial charge < -0.3 is 10.3 Å². The van der Waals surface area contributed by atoms with Crippen LogP contribution in [0.5, 0.6) is 0 Å².